The predicted octanol–water partition coefficient (Wildman–Crippen LogP) is 4.01. The summed E-state index contributed by atoms with van der Waals surface area (Å²) in [6.07, 6.45) is 2.00. The van der Waals surface area contributed by atoms with E-state index < -0.39 is 10.0 Å². The zero-order valence-corrected chi connectivity index (χ0v) is 23.9. The Labute approximate surface area is 231 Å². The van der Waals surface area contributed by atoms with Crippen molar-refractivity contribution in [3.8, 4) is 11.3 Å². The maximum atomic E-state index is 13.1. The molecule has 5 rings (SSSR count). The molecule has 9 nitrogen and oxygen atoms in total. The summed E-state index contributed by atoms with van der Waals surface area (Å²) in [5, 5.41) is 3.29. The average molecular weight is 549 g/mol. The predicted molar refractivity (Wildman–Crippen MR) is 156 cm³/mol. The molecule has 0 aliphatic carbocycles. The van der Waals surface area contributed by atoms with Crippen LogP contribution in [-0.2, 0) is 14.8 Å². The van der Waals surface area contributed by atoms with Crippen LogP contribution in [0.25, 0.3) is 11.3 Å². The van der Waals surface area contributed by atoms with E-state index in [1.807, 2.05) is 56.4 Å². The van der Waals surface area contributed by atoms with Gasteiger partial charge >= 0.3 is 0 Å². The van der Waals surface area contributed by atoms with E-state index >= 15 is 0 Å². The van der Waals surface area contributed by atoms with E-state index in [0.29, 0.717) is 5.69 Å². The maximum Gasteiger partial charge on any atom is 0.249 e. The van der Waals surface area contributed by atoms with Gasteiger partial charge in [0.25, 0.3) is 0 Å². The number of likely N-dealkylation sites (N-methyl/N-ethyl adjacent to an activating group) is 1. The first-order valence-electron chi connectivity index (χ1n) is 13.2. The van der Waals surface area contributed by atoms with Crippen LogP contribution in [0.1, 0.15) is 19.8 Å². The number of nitrogens with one attached hydrogen (secondary N) is 1. The molecule has 0 spiro atoms. The summed E-state index contributed by atoms with van der Waals surface area (Å²) in [6, 6.07) is 18.6. The van der Waals surface area contributed by atoms with Crippen molar-refractivity contribution in [1.82, 2.24) is 14.2 Å². The second kappa shape index (κ2) is 10.6. The number of rotatable bonds is 6. The molecule has 1 fully saturated rings. The molecule has 3 heterocycles. The van der Waals surface area contributed by atoms with Crippen LogP contribution in [-0.4, -0.2) is 81.9 Å². The number of aromatic nitrogens is 1. The molecular formula is C29H36N6O3S. The fraction of sp³-hybridized carbons (Fsp3) is 0.379. The van der Waals surface area contributed by atoms with Gasteiger partial charge in [0, 0.05) is 44.1 Å². The fourth-order valence-corrected chi connectivity index (χ4v) is 6.30. The maximum absolute atomic E-state index is 13.1. The van der Waals surface area contributed by atoms with Gasteiger partial charge in [-0.05, 0) is 82.4 Å². The number of hydrogen-bond donors (Lipinski definition) is 1. The van der Waals surface area contributed by atoms with Gasteiger partial charge in [-0.3, -0.25) is 4.79 Å². The number of carbonyl (C=O) groups excluding carboxylic acids is 1. The van der Waals surface area contributed by atoms with E-state index in [0.717, 1.165) is 54.4 Å². The first-order valence-corrected chi connectivity index (χ1v) is 14.7. The molecule has 1 saturated heterocycles. The van der Waals surface area contributed by atoms with Crippen molar-refractivity contribution in [3.63, 3.8) is 0 Å². The molecule has 2 aliphatic rings. The SMILES string of the molecule is C[C@@H]1C(=O)N(C)c2ccc(-c3ccc(Nc4cccc(S(=O)(=O)N(C)C)c4)cc3)nc2N1C1CCN(C)CC1. The molecule has 0 bridgehead atoms. The number of anilines is 4. The number of fused-ring (bicyclic) bond motifs is 1. The number of piperidine rings is 1. The topological polar surface area (TPSA) is 89.1 Å². The van der Waals surface area contributed by atoms with Crippen LogP contribution in [0.4, 0.5) is 22.9 Å². The first-order chi connectivity index (χ1) is 18.6. The van der Waals surface area contributed by atoms with Gasteiger partial charge in [-0.1, -0.05) is 18.2 Å². The lowest BCUT2D eigenvalue weighted by molar-refractivity contribution is -0.119. The third kappa shape index (κ3) is 5.24. The summed E-state index contributed by atoms with van der Waals surface area (Å²) >= 11 is 0. The standard InChI is InChI=1S/C29H36N6O3S/c1-20-29(36)34(5)27-14-13-26(31-28(27)35(20)24-15-17-33(4)18-16-24)21-9-11-22(12-10-21)30-23-7-6-8-25(19-23)39(37,38)32(2)3/h6-14,19-20,24,30H,15-18H2,1-5H3/t20-/m1/s1. The summed E-state index contributed by atoms with van der Waals surface area (Å²) < 4.78 is 26.2. The Morgan fingerprint density at radius 1 is 0.949 bits per heavy atom. The van der Waals surface area contributed by atoms with Crippen molar-refractivity contribution in [3.05, 3.63) is 60.7 Å². The Kier molecular flexibility index (Phi) is 7.37. The Bertz CT molecular complexity index is 1470. The van der Waals surface area contributed by atoms with Gasteiger partial charge in [0.2, 0.25) is 15.9 Å². The molecule has 3 aromatic rings. The van der Waals surface area contributed by atoms with Crippen LogP contribution in [0.3, 0.4) is 0 Å². The number of nitrogens with zero attached hydrogens (tertiary/aromatic N) is 5. The smallest absolute Gasteiger partial charge is 0.249 e. The second-order valence-corrected chi connectivity index (χ2v) is 12.7. The van der Waals surface area contributed by atoms with Crippen molar-refractivity contribution in [1.29, 1.82) is 0 Å². The number of likely N-dealkylation sites (tertiary alicyclic amines) is 1. The van der Waals surface area contributed by atoms with Gasteiger partial charge in [0.05, 0.1) is 16.3 Å². The first kappa shape index (κ1) is 27.1. The van der Waals surface area contributed by atoms with Gasteiger partial charge < -0.3 is 20.0 Å². The third-order valence-electron chi connectivity index (χ3n) is 7.73. The zero-order valence-electron chi connectivity index (χ0n) is 23.1. The summed E-state index contributed by atoms with van der Waals surface area (Å²) in [4.78, 5) is 24.7. The normalized spacial score (nSPS) is 18.9. The van der Waals surface area contributed by atoms with Crippen molar-refractivity contribution in [2.24, 2.45) is 0 Å². The van der Waals surface area contributed by atoms with E-state index in [1.165, 1.54) is 18.4 Å². The fourth-order valence-electron chi connectivity index (χ4n) is 5.35. The Morgan fingerprint density at radius 3 is 2.31 bits per heavy atom. The lowest BCUT2D eigenvalue weighted by atomic mass is 9.99. The van der Waals surface area contributed by atoms with E-state index in [-0.39, 0.29) is 22.9 Å². The highest BCUT2D eigenvalue weighted by Crippen LogP contribution is 2.39. The van der Waals surface area contributed by atoms with Crippen molar-refractivity contribution in [2.45, 2.75) is 36.7 Å². The second-order valence-electron chi connectivity index (χ2n) is 10.6. The quantitative estimate of drug-likeness (QED) is 0.498. The van der Waals surface area contributed by atoms with E-state index in [4.69, 9.17) is 4.98 Å². The van der Waals surface area contributed by atoms with E-state index in [9.17, 15) is 13.2 Å². The van der Waals surface area contributed by atoms with E-state index in [2.05, 4.69) is 22.2 Å². The van der Waals surface area contributed by atoms with Crippen molar-refractivity contribution >= 4 is 38.8 Å². The number of carbonyl (C=O) groups is 1. The lowest BCUT2D eigenvalue weighted by Gasteiger charge is -2.46. The molecule has 0 unspecified atom stereocenters. The van der Waals surface area contributed by atoms with Crippen LogP contribution in [0.15, 0.2) is 65.6 Å². The van der Waals surface area contributed by atoms with E-state index in [1.54, 1.807) is 23.1 Å². The van der Waals surface area contributed by atoms with Crippen LogP contribution in [0.2, 0.25) is 0 Å². The highest BCUT2D eigenvalue weighted by atomic mass is 32.2. The molecule has 10 heteroatoms. The van der Waals surface area contributed by atoms with Gasteiger partial charge in [0.1, 0.15) is 6.04 Å². The number of amides is 1. The van der Waals surface area contributed by atoms with Crippen LogP contribution in [0.5, 0.6) is 0 Å². The molecule has 1 aromatic heterocycles. The third-order valence-corrected chi connectivity index (χ3v) is 9.54. The molecule has 206 valence electrons. The Morgan fingerprint density at radius 2 is 1.64 bits per heavy atom. The Balaban J connectivity index is 1.41. The lowest BCUT2D eigenvalue weighted by Crippen LogP contribution is -2.57. The minimum atomic E-state index is -3.51. The average Bonchev–Trinajstić information content (AvgIpc) is 2.93. The molecule has 1 N–H and O–H groups in total. The largest absolute Gasteiger partial charge is 0.355 e. The van der Waals surface area contributed by atoms with Gasteiger partial charge in [-0.2, -0.15) is 0 Å². The van der Waals surface area contributed by atoms with Gasteiger partial charge in [-0.15, -0.1) is 0 Å². The summed E-state index contributed by atoms with van der Waals surface area (Å²) in [5.74, 6) is 0.951. The molecule has 0 saturated carbocycles. The summed E-state index contributed by atoms with van der Waals surface area (Å²) in [6.45, 7) is 3.99. The van der Waals surface area contributed by atoms with Crippen LogP contribution >= 0.6 is 0 Å². The highest BCUT2D eigenvalue weighted by molar-refractivity contribution is 7.89. The van der Waals surface area contributed by atoms with Crippen LogP contribution < -0.4 is 15.1 Å². The summed E-state index contributed by atoms with van der Waals surface area (Å²) in [5.41, 5.74) is 4.16. The van der Waals surface area contributed by atoms with Gasteiger partial charge in [-0.25, -0.2) is 17.7 Å². The molecule has 0 radical (unpaired) electrons. The van der Waals surface area contributed by atoms with Gasteiger partial charge in [0.15, 0.2) is 5.82 Å². The van der Waals surface area contributed by atoms with Crippen LogP contribution in [0, 0.1) is 0 Å². The minimum Gasteiger partial charge on any atom is -0.355 e. The zero-order chi connectivity index (χ0) is 27.9. The molecular weight excluding hydrogens is 512 g/mol. The number of sulfonamides is 1. The molecule has 2 aliphatic heterocycles. The van der Waals surface area contributed by atoms with Crippen molar-refractivity contribution in [2.75, 3.05) is 56.4 Å². The van der Waals surface area contributed by atoms with Crippen molar-refractivity contribution < 1.29 is 13.2 Å². The number of benzene rings is 2. The molecule has 2 aromatic carbocycles. The highest BCUT2D eigenvalue weighted by Gasteiger charge is 2.39. The minimum absolute atomic E-state index is 0.0915. The Hall–Kier alpha value is -3.47. The number of pyridine rings is 1. The number of hydrogen-bond acceptors (Lipinski definition) is 7. The molecule has 1 amide bonds. The monoisotopic (exact) mass is 548 g/mol. The molecule has 39 heavy (non-hydrogen) atoms. The molecule has 1 atom stereocenters. The summed E-state index contributed by atoms with van der Waals surface area (Å²) in [7, 11) is 3.49.